The quantitative estimate of drug-likeness (QED) is 0.259. The number of hydrogen-bond donors (Lipinski definition) is 0. The van der Waals surface area contributed by atoms with Crippen molar-refractivity contribution in [3.63, 3.8) is 0 Å². The van der Waals surface area contributed by atoms with Crippen LogP contribution in [0, 0.1) is 0 Å². The zero-order valence-corrected chi connectivity index (χ0v) is 33.3. The predicted molar refractivity (Wildman–Crippen MR) is 200 cm³/mol. The molecule has 0 aliphatic carbocycles. The fourth-order valence-electron chi connectivity index (χ4n) is 5.54. The van der Waals surface area contributed by atoms with Crippen LogP contribution in [0.25, 0.3) is 0 Å². The molecule has 4 heteroatoms. The molecule has 0 radical (unpaired) electrons. The molecule has 3 nitrogen and oxygen atoms in total. The lowest BCUT2D eigenvalue weighted by molar-refractivity contribution is 0.386. The normalized spacial score (nSPS) is 14.0. The van der Waals surface area contributed by atoms with Crippen molar-refractivity contribution in [2.24, 2.45) is 0 Å². The molecule has 3 aromatic carbocycles. The maximum Gasteiger partial charge on any atom is 0.463 e. The molecule has 0 amide bonds. The molecule has 254 valence electrons. The Morgan fingerprint density at radius 3 is 0.957 bits per heavy atom. The Labute approximate surface area is 282 Å². The van der Waals surface area contributed by atoms with Gasteiger partial charge in [-0.3, -0.25) is 0 Å². The molecular weight excluding hydrogens is 583 g/mol. The molecule has 0 aromatic heterocycles. The average molecular weight is 647 g/mol. The third-order valence-electron chi connectivity index (χ3n) is 8.71. The van der Waals surface area contributed by atoms with E-state index in [-0.39, 0.29) is 32.5 Å². The average Bonchev–Trinajstić information content (AvgIpc) is 2.85. The monoisotopic (exact) mass is 646 g/mol. The summed E-state index contributed by atoms with van der Waals surface area (Å²) in [6.07, 6.45) is 0. The first kappa shape index (κ1) is 37.9. The van der Waals surface area contributed by atoms with E-state index in [0.29, 0.717) is 16.8 Å². The van der Waals surface area contributed by atoms with Crippen LogP contribution in [0.5, 0.6) is 11.5 Å². The minimum Gasteiger partial charge on any atom is -0.412 e. The SMILES string of the molecule is CC(C)(C)c1ccc(OP(=O)(Oc2ccc(C(C)(C)C)cc2C(C)(C)C)c2ccc(C(C)(C)C)cc2C(C)(C)C)c(C(C)(C)C)c1. The lowest BCUT2D eigenvalue weighted by Crippen LogP contribution is -2.29. The standard InChI is InChI=1S/C42H63O3P/c1-37(2,3)28-19-22-34(31(25-28)40(10,11)12)44-46(43,36-24-21-30(39(7,8)9)27-33(36)42(16,17)18)45-35-23-20-29(38(4,5)6)26-32(35)41(13,14)15/h19-27H,1-18H3. The van der Waals surface area contributed by atoms with E-state index in [2.05, 4.69) is 161 Å². The molecule has 46 heavy (non-hydrogen) atoms. The molecule has 3 rings (SSSR count). The Balaban J connectivity index is 2.42. The van der Waals surface area contributed by atoms with Gasteiger partial charge in [0.2, 0.25) is 0 Å². The summed E-state index contributed by atoms with van der Waals surface area (Å²) in [6.45, 7) is 39.5. The van der Waals surface area contributed by atoms with Gasteiger partial charge < -0.3 is 9.05 Å². The Hall–Kier alpha value is -2.51. The van der Waals surface area contributed by atoms with E-state index in [1.165, 1.54) is 16.7 Å². The van der Waals surface area contributed by atoms with E-state index in [1.807, 2.05) is 18.2 Å². The van der Waals surface area contributed by atoms with Gasteiger partial charge in [-0.2, -0.15) is 0 Å². The highest BCUT2D eigenvalue weighted by Gasteiger charge is 2.40. The Bertz CT molecular complexity index is 1520. The van der Waals surface area contributed by atoms with E-state index in [4.69, 9.17) is 9.05 Å². The third-order valence-corrected chi connectivity index (χ3v) is 10.6. The molecule has 0 bridgehead atoms. The van der Waals surface area contributed by atoms with Crippen molar-refractivity contribution in [3.05, 3.63) is 88.0 Å². The van der Waals surface area contributed by atoms with E-state index in [1.54, 1.807) is 0 Å². The second kappa shape index (κ2) is 12.2. The van der Waals surface area contributed by atoms with Crippen molar-refractivity contribution in [1.29, 1.82) is 0 Å². The first-order valence-corrected chi connectivity index (χ1v) is 18.4. The highest BCUT2D eigenvalue weighted by molar-refractivity contribution is 7.63. The molecule has 0 aliphatic heterocycles. The minimum absolute atomic E-state index is 0.0443. The first-order chi connectivity index (χ1) is 20.4. The molecule has 3 aromatic rings. The van der Waals surface area contributed by atoms with Crippen LogP contribution in [-0.2, 0) is 37.1 Å². The van der Waals surface area contributed by atoms with E-state index in [9.17, 15) is 0 Å². The van der Waals surface area contributed by atoms with Gasteiger partial charge in [0.05, 0.1) is 5.30 Å². The summed E-state index contributed by atoms with van der Waals surface area (Å²) in [4.78, 5) is 0. The van der Waals surface area contributed by atoms with E-state index >= 15 is 4.57 Å². The van der Waals surface area contributed by atoms with Gasteiger partial charge in [-0.1, -0.05) is 161 Å². The van der Waals surface area contributed by atoms with Gasteiger partial charge in [0.15, 0.2) is 0 Å². The highest BCUT2D eigenvalue weighted by atomic mass is 31.2. The van der Waals surface area contributed by atoms with Crippen LogP contribution in [0.15, 0.2) is 54.6 Å². The summed E-state index contributed by atoms with van der Waals surface area (Å²) >= 11 is 0. The van der Waals surface area contributed by atoms with Gasteiger partial charge in [-0.05, 0) is 72.9 Å². The van der Waals surface area contributed by atoms with Crippen LogP contribution in [-0.4, -0.2) is 0 Å². The summed E-state index contributed by atoms with van der Waals surface area (Å²) < 4.78 is 29.6. The van der Waals surface area contributed by atoms with Crippen LogP contribution < -0.4 is 14.4 Å². The number of benzene rings is 3. The molecule has 0 saturated heterocycles. The third kappa shape index (κ3) is 8.69. The Morgan fingerprint density at radius 1 is 0.391 bits per heavy atom. The van der Waals surface area contributed by atoms with Crippen LogP contribution >= 0.6 is 7.60 Å². The van der Waals surface area contributed by atoms with Crippen molar-refractivity contribution in [2.45, 2.75) is 157 Å². The molecule has 0 N–H and O–H groups in total. The molecule has 0 fully saturated rings. The maximum atomic E-state index is 15.9. The molecule has 0 saturated carbocycles. The van der Waals surface area contributed by atoms with Crippen LogP contribution in [0.2, 0.25) is 0 Å². The van der Waals surface area contributed by atoms with E-state index < -0.39 is 7.60 Å². The minimum atomic E-state index is -4.03. The van der Waals surface area contributed by atoms with Crippen molar-refractivity contribution in [3.8, 4) is 11.5 Å². The van der Waals surface area contributed by atoms with E-state index in [0.717, 1.165) is 16.7 Å². The van der Waals surface area contributed by atoms with Gasteiger partial charge in [-0.15, -0.1) is 0 Å². The number of hydrogen-bond acceptors (Lipinski definition) is 3. The molecular formula is C42H63O3P. The molecule has 0 spiro atoms. The van der Waals surface area contributed by atoms with Crippen LogP contribution in [0.4, 0.5) is 0 Å². The predicted octanol–water partition coefficient (Wildman–Crippen LogP) is 12.4. The summed E-state index contributed by atoms with van der Waals surface area (Å²) in [5, 5.41) is 0.604. The lowest BCUT2D eigenvalue weighted by atomic mass is 9.80. The molecule has 0 aliphatic rings. The molecule has 0 unspecified atom stereocenters. The second-order valence-corrected chi connectivity index (χ2v) is 21.2. The smallest absolute Gasteiger partial charge is 0.412 e. The summed E-state index contributed by atoms with van der Waals surface area (Å²) in [5.41, 5.74) is 5.59. The van der Waals surface area contributed by atoms with Crippen LogP contribution in [0.1, 0.15) is 158 Å². The zero-order chi connectivity index (χ0) is 35.5. The van der Waals surface area contributed by atoms with Gasteiger partial charge in [0.25, 0.3) is 0 Å². The second-order valence-electron chi connectivity index (χ2n) is 19.3. The summed E-state index contributed by atoms with van der Waals surface area (Å²) in [6, 6.07) is 18.9. The van der Waals surface area contributed by atoms with Gasteiger partial charge >= 0.3 is 7.60 Å². The molecule has 0 atom stereocenters. The summed E-state index contributed by atoms with van der Waals surface area (Å²) in [5.74, 6) is 1.18. The maximum absolute atomic E-state index is 15.9. The van der Waals surface area contributed by atoms with Crippen molar-refractivity contribution >= 4 is 12.9 Å². The van der Waals surface area contributed by atoms with Crippen LogP contribution in [0.3, 0.4) is 0 Å². The fourth-order valence-corrected chi connectivity index (χ4v) is 7.56. The summed E-state index contributed by atoms with van der Waals surface area (Å²) in [7, 11) is -4.03. The van der Waals surface area contributed by atoms with Crippen molar-refractivity contribution in [1.82, 2.24) is 0 Å². The largest absolute Gasteiger partial charge is 0.463 e. The van der Waals surface area contributed by atoms with Gasteiger partial charge in [-0.25, -0.2) is 4.57 Å². The van der Waals surface area contributed by atoms with Crippen molar-refractivity contribution in [2.75, 3.05) is 0 Å². The van der Waals surface area contributed by atoms with Gasteiger partial charge in [0.1, 0.15) is 11.5 Å². The topological polar surface area (TPSA) is 35.5 Å². The first-order valence-electron chi connectivity index (χ1n) is 16.9. The Kier molecular flexibility index (Phi) is 10.0. The fraction of sp³-hybridized carbons (Fsp3) is 0.571. The van der Waals surface area contributed by atoms with Crippen molar-refractivity contribution < 1.29 is 13.6 Å². The highest BCUT2D eigenvalue weighted by Crippen LogP contribution is 2.54. The number of rotatable bonds is 5. The van der Waals surface area contributed by atoms with Gasteiger partial charge in [0, 0.05) is 11.1 Å². The lowest BCUT2D eigenvalue weighted by Gasteiger charge is -2.33. The Morgan fingerprint density at radius 2 is 0.674 bits per heavy atom. The molecule has 0 heterocycles. The zero-order valence-electron chi connectivity index (χ0n) is 32.4.